The second-order valence-corrected chi connectivity index (χ2v) is 9.08. The lowest BCUT2D eigenvalue weighted by atomic mass is 10.2. The molecule has 2 aromatic rings. The molecule has 0 saturated carbocycles. The van der Waals surface area contributed by atoms with Gasteiger partial charge in [-0.25, -0.2) is 13.2 Å². The Kier molecular flexibility index (Phi) is 6.48. The highest BCUT2D eigenvalue weighted by molar-refractivity contribution is 7.89. The Morgan fingerprint density at radius 3 is 2.34 bits per heavy atom. The molecule has 1 fully saturated rings. The number of methoxy groups -OCH3 is 1. The molecule has 0 spiro atoms. The Balaban J connectivity index is 1.90. The molecule has 0 radical (unpaired) electrons. The third-order valence-corrected chi connectivity index (χ3v) is 6.76. The van der Waals surface area contributed by atoms with Gasteiger partial charge in [0, 0.05) is 13.1 Å². The van der Waals surface area contributed by atoms with E-state index in [9.17, 15) is 13.2 Å². The highest BCUT2D eigenvalue weighted by Crippen LogP contribution is 2.30. The summed E-state index contributed by atoms with van der Waals surface area (Å²) in [6, 6.07) is 10.7. The molecule has 2 aromatic carbocycles. The largest absolute Gasteiger partial charge is 0.493 e. The lowest BCUT2D eigenvalue weighted by Gasteiger charge is -2.34. The van der Waals surface area contributed by atoms with Gasteiger partial charge < -0.3 is 14.2 Å². The first-order valence-corrected chi connectivity index (χ1v) is 10.8. The fraction of sp³-hybridized carbons (Fsp3) is 0.350. The van der Waals surface area contributed by atoms with Gasteiger partial charge in [-0.3, -0.25) is 0 Å². The molecule has 0 bridgehead atoms. The van der Waals surface area contributed by atoms with Gasteiger partial charge in [0.2, 0.25) is 10.0 Å². The van der Waals surface area contributed by atoms with Gasteiger partial charge in [0.15, 0.2) is 11.5 Å². The second-order valence-electron chi connectivity index (χ2n) is 6.76. The van der Waals surface area contributed by atoms with E-state index in [0.29, 0.717) is 5.75 Å². The molecule has 29 heavy (non-hydrogen) atoms. The maximum Gasteiger partial charge on any atom is 0.343 e. The number of benzene rings is 2. The summed E-state index contributed by atoms with van der Waals surface area (Å²) >= 11 is 6.18. The first-order chi connectivity index (χ1) is 13.7. The highest BCUT2D eigenvalue weighted by atomic mass is 35.5. The molecule has 156 valence electrons. The van der Waals surface area contributed by atoms with Crippen LogP contribution in [0.5, 0.6) is 11.5 Å². The van der Waals surface area contributed by atoms with Crippen molar-refractivity contribution in [2.24, 2.45) is 0 Å². The van der Waals surface area contributed by atoms with Gasteiger partial charge in [-0.1, -0.05) is 23.7 Å². The SMILES string of the molecule is COc1ccccc1OC(=O)c1ccc(Cl)c(S(=O)(=O)N2C[C@@H](C)O[C@H](C)C2)c1. The van der Waals surface area contributed by atoms with E-state index in [4.69, 9.17) is 25.8 Å². The number of hydrogen-bond acceptors (Lipinski definition) is 6. The molecule has 0 N–H and O–H groups in total. The lowest BCUT2D eigenvalue weighted by Crippen LogP contribution is -2.48. The number of sulfonamides is 1. The van der Waals surface area contributed by atoms with Crippen molar-refractivity contribution >= 4 is 27.6 Å². The molecule has 0 unspecified atom stereocenters. The smallest absolute Gasteiger partial charge is 0.343 e. The zero-order valence-electron chi connectivity index (χ0n) is 16.3. The minimum Gasteiger partial charge on any atom is -0.493 e. The van der Waals surface area contributed by atoms with Crippen molar-refractivity contribution in [1.82, 2.24) is 4.31 Å². The molecule has 1 saturated heterocycles. The summed E-state index contributed by atoms with van der Waals surface area (Å²) in [7, 11) is -2.45. The molecule has 2 atom stereocenters. The van der Waals surface area contributed by atoms with E-state index >= 15 is 0 Å². The second kappa shape index (κ2) is 8.71. The molecule has 9 heteroatoms. The quantitative estimate of drug-likeness (QED) is 0.524. The van der Waals surface area contributed by atoms with Crippen LogP contribution in [0.3, 0.4) is 0 Å². The van der Waals surface area contributed by atoms with Crippen LogP contribution < -0.4 is 9.47 Å². The predicted molar refractivity (Wildman–Crippen MR) is 108 cm³/mol. The number of morpholine rings is 1. The van der Waals surface area contributed by atoms with Crippen molar-refractivity contribution in [3.8, 4) is 11.5 Å². The van der Waals surface area contributed by atoms with E-state index < -0.39 is 16.0 Å². The van der Waals surface area contributed by atoms with Crippen LogP contribution in [0.15, 0.2) is 47.4 Å². The molecular formula is C20H22ClNO6S. The monoisotopic (exact) mass is 439 g/mol. The van der Waals surface area contributed by atoms with Crippen molar-refractivity contribution in [2.45, 2.75) is 31.0 Å². The number of hydrogen-bond donors (Lipinski definition) is 0. The lowest BCUT2D eigenvalue weighted by molar-refractivity contribution is -0.0440. The zero-order chi connectivity index (χ0) is 21.2. The number of ether oxygens (including phenoxy) is 3. The van der Waals surface area contributed by atoms with E-state index in [0.717, 1.165) is 0 Å². The van der Waals surface area contributed by atoms with Crippen LogP contribution in [0.2, 0.25) is 5.02 Å². The third-order valence-electron chi connectivity index (χ3n) is 4.44. The maximum absolute atomic E-state index is 13.1. The van der Waals surface area contributed by atoms with Gasteiger partial charge in [-0.2, -0.15) is 4.31 Å². The van der Waals surface area contributed by atoms with Gasteiger partial charge in [0.05, 0.1) is 29.9 Å². The molecule has 0 aliphatic carbocycles. The number of carbonyl (C=O) groups excluding carboxylic acids is 1. The summed E-state index contributed by atoms with van der Waals surface area (Å²) in [6.07, 6.45) is -0.489. The van der Waals surface area contributed by atoms with Gasteiger partial charge in [-0.05, 0) is 44.2 Å². The Bertz CT molecular complexity index is 1000. The molecule has 0 amide bonds. The average molecular weight is 440 g/mol. The zero-order valence-corrected chi connectivity index (χ0v) is 17.9. The van der Waals surface area contributed by atoms with Crippen LogP contribution in [0.25, 0.3) is 0 Å². The number of carbonyl (C=O) groups is 1. The van der Waals surface area contributed by atoms with Crippen LogP contribution in [-0.4, -0.2) is 51.1 Å². The van der Waals surface area contributed by atoms with Crippen LogP contribution in [0.4, 0.5) is 0 Å². The Hall–Kier alpha value is -2.13. The van der Waals surface area contributed by atoms with Crippen molar-refractivity contribution in [2.75, 3.05) is 20.2 Å². The number of rotatable bonds is 5. The van der Waals surface area contributed by atoms with Crippen molar-refractivity contribution in [3.05, 3.63) is 53.1 Å². The summed E-state index contributed by atoms with van der Waals surface area (Å²) in [4.78, 5) is 12.5. The van der Waals surface area contributed by atoms with E-state index in [2.05, 4.69) is 0 Å². The minimum atomic E-state index is -3.91. The van der Waals surface area contributed by atoms with E-state index in [1.54, 1.807) is 38.1 Å². The molecule has 0 aromatic heterocycles. The third kappa shape index (κ3) is 4.72. The van der Waals surface area contributed by atoms with Crippen LogP contribution >= 0.6 is 11.6 Å². The predicted octanol–water partition coefficient (Wildman–Crippen LogP) is 3.37. The Morgan fingerprint density at radius 1 is 1.10 bits per heavy atom. The summed E-state index contributed by atoms with van der Waals surface area (Å²) in [6.45, 7) is 4.03. The standard InChI is InChI=1S/C20H22ClNO6S/c1-13-11-22(12-14(2)27-13)29(24,25)19-10-15(8-9-16(19)21)20(23)28-18-7-5-4-6-17(18)26-3/h4-10,13-14H,11-12H2,1-3H3/t13-,14-/m1/s1. The van der Waals surface area contributed by atoms with Crippen LogP contribution in [0, 0.1) is 0 Å². The fourth-order valence-corrected chi connectivity index (χ4v) is 5.25. The van der Waals surface area contributed by atoms with E-state index in [-0.39, 0.29) is 46.5 Å². The highest BCUT2D eigenvalue weighted by Gasteiger charge is 2.34. The van der Waals surface area contributed by atoms with Crippen LogP contribution in [0.1, 0.15) is 24.2 Å². The van der Waals surface area contributed by atoms with Gasteiger partial charge in [0.25, 0.3) is 0 Å². The van der Waals surface area contributed by atoms with Crippen molar-refractivity contribution in [1.29, 1.82) is 0 Å². The molecule has 3 rings (SSSR count). The number of halogens is 1. The summed E-state index contributed by atoms with van der Waals surface area (Å²) in [5, 5.41) is 0.0330. The van der Waals surface area contributed by atoms with Gasteiger partial charge in [-0.15, -0.1) is 0 Å². The summed E-state index contributed by atoms with van der Waals surface area (Å²) < 4.78 is 43.8. The van der Waals surface area contributed by atoms with E-state index in [1.807, 2.05) is 0 Å². The fourth-order valence-electron chi connectivity index (χ4n) is 3.16. The van der Waals surface area contributed by atoms with Crippen molar-refractivity contribution in [3.63, 3.8) is 0 Å². The minimum absolute atomic E-state index is 0.0330. The first kappa shape index (κ1) is 21.6. The molecular weight excluding hydrogens is 418 g/mol. The summed E-state index contributed by atoms with van der Waals surface area (Å²) in [5.74, 6) is -0.0968. The maximum atomic E-state index is 13.1. The Labute approximate surface area is 175 Å². The average Bonchev–Trinajstić information content (AvgIpc) is 2.67. The summed E-state index contributed by atoms with van der Waals surface area (Å²) in [5.41, 5.74) is 0.0632. The molecule has 1 aliphatic heterocycles. The Morgan fingerprint density at radius 2 is 1.72 bits per heavy atom. The first-order valence-electron chi connectivity index (χ1n) is 9.02. The van der Waals surface area contributed by atoms with E-state index in [1.165, 1.54) is 29.6 Å². The molecule has 7 nitrogen and oxygen atoms in total. The molecule has 1 heterocycles. The van der Waals surface area contributed by atoms with Gasteiger partial charge >= 0.3 is 5.97 Å². The van der Waals surface area contributed by atoms with Crippen molar-refractivity contribution < 1.29 is 27.4 Å². The topological polar surface area (TPSA) is 82.1 Å². The number of esters is 1. The number of nitrogens with zero attached hydrogens (tertiary/aromatic N) is 1. The van der Waals surface area contributed by atoms with Gasteiger partial charge in [0.1, 0.15) is 4.90 Å². The molecule has 1 aliphatic rings. The number of para-hydroxylation sites is 2. The van der Waals surface area contributed by atoms with Crippen LogP contribution in [-0.2, 0) is 14.8 Å². The normalized spacial score (nSPS) is 20.3.